The normalized spacial score (nSPS) is 12.7. The quantitative estimate of drug-likeness (QED) is 0.820. The van der Waals surface area contributed by atoms with E-state index in [1.807, 2.05) is 19.9 Å². The zero-order valence-corrected chi connectivity index (χ0v) is 16.9. The number of hydrogen-bond acceptors (Lipinski definition) is 4. The molecule has 0 fully saturated rings. The smallest absolute Gasteiger partial charge is 0.225 e. The van der Waals surface area contributed by atoms with Crippen LogP contribution in [0.4, 0.5) is 5.82 Å². The molecule has 0 saturated heterocycles. The van der Waals surface area contributed by atoms with Gasteiger partial charge in [0.1, 0.15) is 5.75 Å². The van der Waals surface area contributed by atoms with Gasteiger partial charge in [0.15, 0.2) is 5.82 Å². The van der Waals surface area contributed by atoms with E-state index in [2.05, 4.69) is 31.3 Å². The zero-order chi connectivity index (χ0) is 19.6. The molecule has 3 rings (SSSR count). The maximum atomic E-state index is 12.3. The lowest BCUT2D eigenvalue weighted by Crippen LogP contribution is -2.20. The van der Waals surface area contributed by atoms with Crippen molar-refractivity contribution in [2.45, 2.75) is 53.4 Å². The molecule has 1 heterocycles. The highest BCUT2D eigenvalue weighted by Gasteiger charge is 2.23. The molecule has 0 unspecified atom stereocenters. The molecule has 1 aliphatic carbocycles. The van der Waals surface area contributed by atoms with Crippen molar-refractivity contribution in [2.24, 2.45) is 11.8 Å². The molecule has 1 N–H and O–H groups in total. The van der Waals surface area contributed by atoms with Gasteiger partial charge in [0.05, 0.1) is 24.2 Å². The maximum Gasteiger partial charge on any atom is 0.225 e. The van der Waals surface area contributed by atoms with Gasteiger partial charge in [0.2, 0.25) is 5.91 Å². The number of ether oxygens (including phenoxy) is 1. The number of anilines is 1. The van der Waals surface area contributed by atoms with Gasteiger partial charge in [0.25, 0.3) is 0 Å². The van der Waals surface area contributed by atoms with E-state index in [9.17, 15) is 4.79 Å². The zero-order valence-electron chi connectivity index (χ0n) is 16.9. The summed E-state index contributed by atoms with van der Waals surface area (Å²) in [6, 6.07) is 6.12. The Labute approximate surface area is 161 Å². The molecule has 0 saturated carbocycles. The van der Waals surface area contributed by atoms with Crippen LogP contribution < -0.4 is 10.1 Å². The van der Waals surface area contributed by atoms with Crippen molar-refractivity contribution in [2.75, 3.05) is 12.4 Å². The van der Waals surface area contributed by atoms with Crippen molar-refractivity contribution in [3.8, 4) is 17.0 Å². The lowest BCUT2D eigenvalue weighted by Gasteiger charge is -2.22. The summed E-state index contributed by atoms with van der Waals surface area (Å²) in [6.45, 7) is 8.38. The van der Waals surface area contributed by atoms with E-state index in [4.69, 9.17) is 14.7 Å². The Morgan fingerprint density at radius 3 is 2.59 bits per heavy atom. The van der Waals surface area contributed by atoms with Gasteiger partial charge >= 0.3 is 0 Å². The molecule has 144 valence electrons. The molecule has 1 amide bonds. The number of aromatic nitrogens is 2. The summed E-state index contributed by atoms with van der Waals surface area (Å²) < 4.78 is 5.36. The van der Waals surface area contributed by atoms with E-state index in [0.29, 0.717) is 24.1 Å². The van der Waals surface area contributed by atoms with Gasteiger partial charge < -0.3 is 10.1 Å². The van der Waals surface area contributed by atoms with Crippen molar-refractivity contribution in [1.29, 1.82) is 0 Å². The standard InChI is InChI=1S/C22H29N3O2/c1-13(2)10-19-22(25-20(26)11-14(3)4)24-18-9-6-15-12-16(27-5)7-8-17(15)21(18)23-19/h7-8,12-14H,6,9-11H2,1-5H3,(H,24,25,26). The monoisotopic (exact) mass is 367 g/mol. The number of carbonyl (C=O) groups excluding carboxylic acids is 1. The Balaban J connectivity index is 2.01. The summed E-state index contributed by atoms with van der Waals surface area (Å²) in [5, 5.41) is 3.01. The molecule has 0 spiro atoms. The summed E-state index contributed by atoms with van der Waals surface area (Å²) in [5.74, 6) is 2.24. The number of methoxy groups -OCH3 is 1. The van der Waals surface area contributed by atoms with Crippen LogP contribution in [0.3, 0.4) is 0 Å². The molecule has 0 bridgehead atoms. The molecule has 2 aromatic rings. The first-order valence-corrected chi connectivity index (χ1v) is 9.74. The van der Waals surface area contributed by atoms with Crippen LogP contribution in [-0.2, 0) is 24.1 Å². The second kappa shape index (κ2) is 8.07. The molecule has 0 aliphatic heterocycles. The van der Waals surface area contributed by atoms with Crippen LogP contribution in [0.15, 0.2) is 18.2 Å². The highest BCUT2D eigenvalue weighted by atomic mass is 16.5. The highest BCUT2D eigenvalue weighted by Crippen LogP contribution is 2.35. The lowest BCUT2D eigenvalue weighted by atomic mass is 9.91. The van der Waals surface area contributed by atoms with Crippen LogP contribution >= 0.6 is 0 Å². The molecular weight excluding hydrogens is 338 g/mol. The second-order valence-corrected chi connectivity index (χ2v) is 8.08. The van der Waals surface area contributed by atoms with Crippen LogP contribution in [0.2, 0.25) is 0 Å². The Morgan fingerprint density at radius 2 is 1.93 bits per heavy atom. The summed E-state index contributed by atoms with van der Waals surface area (Å²) in [5.41, 5.74) is 5.12. The van der Waals surface area contributed by atoms with Gasteiger partial charge in [-0.15, -0.1) is 0 Å². The van der Waals surface area contributed by atoms with E-state index in [0.717, 1.165) is 47.7 Å². The van der Waals surface area contributed by atoms with E-state index in [1.54, 1.807) is 7.11 Å². The SMILES string of the molecule is COc1ccc2c(c1)CCc1nc(NC(=O)CC(C)C)c(CC(C)C)nc1-2. The van der Waals surface area contributed by atoms with Gasteiger partial charge in [-0.1, -0.05) is 27.7 Å². The maximum absolute atomic E-state index is 12.3. The molecule has 5 nitrogen and oxygen atoms in total. The van der Waals surface area contributed by atoms with Crippen molar-refractivity contribution < 1.29 is 9.53 Å². The first-order valence-electron chi connectivity index (χ1n) is 9.74. The minimum atomic E-state index is 0.00482. The number of benzene rings is 1. The van der Waals surface area contributed by atoms with Crippen molar-refractivity contribution in [3.63, 3.8) is 0 Å². The number of nitrogens with zero attached hydrogens (tertiary/aromatic N) is 2. The molecule has 0 atom stereocenters. The van der Waals surface area contributed by atoms with Crippen LogP contribution in [0.5, 0.6) is 5.75 Å². The Bertz CT molecular complexity index is 844. The summed E-state index contributed by atoms with van der Waals surface area (Å²) in [7, 11) is 1.69. The Hall–Kier alpha value is -2.43. The first kappa shape index (κ1) is 19.3. The van der Waals surface area contributed by atoms with Gasteiger partial charge in [-0.25, -0.2) is 9.97 Å². The number of amides is 1. The number of rotatable bonds is 6. The predicted octanol–water partition coefficient (Wildman–Crippen LogP) is 4.43. The van der Waals surface area contributed by atoms with Gasteiger partial charge in [-0.2, -0.15) is 0 Å². The number of carbonyl (C=O) groups is 1. The average Bonchev–Trinajstić information content (AvgIpc) is 2.60. The Kier molecular flexibility index (Phi) is 5.78. The van der Waals surface area contributed by atoms with E-state index >= 15 is 0 Å². The largest absolute Gasteiger partial charge is 0.497 e. The lowest BCUT2D eigenvalue weighted by molar-refractivity contribution is -0.116. The second-order valence-electron chi connectivity index (χ2n) is 8.08. The van der Waals surface area contributed by atoms with Crippen LogP contribution in [0.1, 0.15) is 51.1 Å². The third-order valence-electron chi connectivity index (χ3n) is 4.69. The average molecular weight is 367 g/mol. The molecule has 5 heteroatoms. The van der Waals surface area contributed by atoms with Gasteiger partial charge in [-0.3, -0.25) is 4.79 Å². The van der Waals surface area contributed by atoms with Crippen LogP contribution in [0, 0.1) is 11.8 Å². The molecular formula is C22H29N3O2. The van der Waals surface area contributed by atoms with Crippen LogP contribution in [-0.4, -0.2) is 23.0 Å². The number of hydrogen-bond donors (Lipinski definition) is 1. The van der Waals surface area contributed by atoms with Crippen molar-refractivity contribution in [3.05, 3.63) is 35.2 Å². The number of nitrogens with one attached hydrogen (secondary N) is 1. The molecule has 1 aromatic carbocycles. The molecule has 0 radical (unpaired) electrons. The molecule has 27 heavy (non-hydrogen) atoms. The third-order valence-corrected chi connectivity index (χ3v) is 4.69. The third kappa shape index (κ3) is 4.46. The Morgan fingerprint density at radius 1 is 1.15 bits per heavy atom. The van der Waals surface area contributed by atoms with E-state index in [1.165, 1.54) is 5.56 Å². The fourth-order valence-corrected chi connectivity index (χ4v) is 3.47. The fraction of sp³-hybridized carbons (Fsp3) is 0.500. The van der Waals surface area contributed by atoms with E-state index in [-0.39, 0.29) is 5.91 Å². The van der Waals surface area contributed by atoms with Crippen molar-refractivity contribution >= 4 is 11.7 Å². The topological polar surface area (TPSA) is 64.1 Å². The minimum Gasteiger partial charge on any atom is -0.497 e. The minimum absolute atomic E-state index is 0.00482. The number of fused-ring (bicyclic) bond motifs is 3. The van der Waals surface area contributed by atoms with Gasteiger partial charge in [0, 0.05) is 12.0 Å². The fourth-order valence-electron chi connectivity index (χ4n) is 3.47. The molecule has 1 aliphatic rings. The van der Waals surface area contributed by atoms with E-state index < -0.39 is 0 Å². The summed E-state index contributed by atoms with van der Waals surface area (Å²) in [4.78, 5) is 22.1. The summed E-state index contributed by atoms with van der Waals surface area (Å²) >= 11 is 0. The van der Waals surface area contributed by atoms with Crippen LogP contribution in [0.25, 0.3) is 11.3 Å². The first-order chi connectivity index (χ1) is 12.9. The molecule has 1 aromatic heterocycles. The van der Waals surface area contributed by atoms with Crippen molar-refractivity contribution in [1.82, 2.24) is 9.97 Å². The highest BCUT2D eigenvalue weighted by molar-refractivity contribution is 5.90. The predicted molar refractivity (Wildman–Crippen MR) is 108 cm³/mol. The van der Waals surface area contributed by atoms with Gasteiger partial charge in [-0.05, 0) is 54.9 Å². The summed E-state index contributed by atoms with van der Waals surface area (Å²) in [6.07, 6.45) is 2.99. The number of aryl methyl sites for hydroxylation is 2.